The zero-order valence-corrected chi connectivity index (χ0v) is 9.48. The second kappa shape index (κ2) is 6.68. The van der Waals surface area contributed by atoms with Crippen molar-refractivity contribution < 1.29 is 0 Å². The number of rotatable bonds is 3. The molecule has 0 aromatic heterocycles. The summed E-state index contributed by atoms with van der Waals surface area (Å²) in [6.45, 7) is 3.74. The third kappa shape index (κ3) is 4.89. The molecule has 78 valence electrons. The summed E-state index contributed by atoms with van der Waals surface area (Å²) in [5.41, 5.74) is 5.96. The Balaban J connectivity index is 2.20. The summed E-state index contributed by atoms with van der Waals surface area (Å²) in [6.07, 6.45) is 7.25. The minimum atomic E-state index is 0.456. The highest BCUT2D eigenvalue weighted by Crippen LogP contribution is 2.10. The lowest BCUT2D eigenvalue weighted by atomic mass is 10.0. The molecule has 0 saturated carbocycles. The number of nitrogens with two attached hydrogens (primary N) is 1. The molecule has 1 aliphatic rings. The van der Waals surface area contributed by atoms with E-state index < -0.39 is 0 Å². The zero-order chi connectivity index (χ0) is 9.52. The van der Waals surface area contributed by atoms with E-state index in [1.807, 2.05) is 11.8 Å². The number of likely N-dealkylation sites (tertiary alicyclic amines) is 1. The minimum absolute atomic E-state index is 0.456. The van der Waals surface area contributed by atoms with Crippen molar-refractivity contribution in [2.24, 2.45) is 5.73 Å². The Morgan fingerprint density at radius 3 is 2.92 bits per heavy atom. The molecular formula is C10H22N2S. The molecule has 2 nitrogen and oxygen atoms in total. The average molecular weight is 202 g/mol. The maximum Gasteiger partial charge on any atom is 0.00722 e. The van der Waals surface area contributed by atoms with Crippen LogP contribution >= 0.6 is 11.8 Å². The topological polar surface area (TPSA) is 29.3 Å². The van der Waals surface area contributed by atoms with E-state index in [9.17, 15) is 0 Å². The lowest BCUT2D eigenvalue weighted by Gasteiger charge is -2.26. The smallest absolute Gasteiger partial charge is 0.00722 e. The molecule has 1 fully saturated rings. The van der Waals surface area contributed by atoms with Gasteiger partial charge in [-0.05, 0) is 38.6 Å². The standard InChI is InChI=1S/C10H22N2S/c1-13-9-8-12-6-3-2-4-10(11)5-7-12/h10H,2-9,11H2,1H3. The van der Waals surface area contributed by atoms with E-state index in [4.69, 9.17) is 5.73 Å². The molecule has 1 unspecified atom stereocenters. The fourth-order valence-electron chi connectivity index (χ4n) is 1.79. The van der Waals surface area contributed by atoms with Crippen LogP contribution in [0.15, 0.2) is 0 Å². The van der Waals surface area contributed by atoms with E-state index in [2.05, 4.69) is 11.2 Å². The van der Waals surface area contributed by atoms with Gasteiger partial charge in [-0.2, -0.15) is 11.8 Å². The van der Waals surface area contributed by atoms with E-state index in [1.165, 1.54) is 51.1 Å². The van der Waals surface area contributed by atoms with Crippen LogP contribution in [0.1, 0.15) is 25.7 Å². The van der Waals surface area contributed by atoms with E-state index in [-0.39, 0.29) is 0 Å². The molecule has 0 amide bonds. The lowest BCUT2D eigenvalue weighted by Crippen LogP contribution is -2.35. The first-order chi connectivity index (χ1) is 6.33. The Morgan fingerprint density at radius 2 is 2.15 bits per heavy atom. The predicted molar refractivity (Wildman–Crippen MR) is 61.3 cm³/mol. The maximum atomic E-state index is 5.96. The van der Waals surface area contributed by atoms with Gasteiger partial charge >= 0.3 is 0 Å². The number of hydrogen-bond acceptors (Lipinski definition) is 3. The van der Waals surface area contributed by atoms with Gasteiger partial charge in [-0.15, -0.1) is 0 Å². The number of thioether (sulfide) groups is 1. The average Bonchev–Trinajstić information content (AvgIpc) is 2.11. The van der Waals surface area contributed by atoms with Crippen molar-refractivity contribution in [3.63, 3.8) is 0 Å². The first-order valence-corrected chi connectivity index (χ1v) is 6.69. The van der Waals surface area contributed by atoms with Gasteiger partial charge in [0.15, 0.2) is 0 Å². The first kappa shape index (κ1) is 11.3. The highest BCUT2D eigenvalue weighted by Gasteiger charge is 2.11. The molecule has 0 aromatic rings. The molecule has 1 aliphatic heterocycles. The summed E-state index contributed by atoms with van der Waals surface area (Å²) < 4.78 is 0. The van der Waals surface area contributed by atoms with Crippen LogP contribution in [-0.4, -0.2) is 42.6 Å². The van der Waals surface area contributed by atoms with Crippen LogP contribution in [0.3, 0.4) is 0 Å². The molecule has 1 saturated heterocycles. The van der Waals surface area contributed by atoms with Crippen molar-refractivity contribution in [1.29, 1.82) is 0 Å². The molecule has 0 bridgehead atoms. The van der Waals surface area contributed by atoms with Crippen molar-refractivity contribution in [2.45, 2.75) is 31.7 Å². The van der Waals surface area contributed by atoms with Gasteiger partial charge in [-0.3, -0.25) is 0 Å². The second-order valence-corrected chi connectivity index (χ2v) is 4.86. The Bertz CT molecular complexity index is 128. The molecule has 2 N–H and O–H groups in total. The molecule has 0 spiro atoms. The van der Waals surface area contributed by atoms with Crippen LogP contribution in [-0.2, 0) is 0 Å². The van der Waals surface area contributed by atoms with Crippen LogP contribution in [0.25, 0.3) is 0 Å². The molecule has 0 aliphatic carbocycles. The first-order valence-electron chi connectivity index (χ1n) is 5.30. The second-order valence-electron chi connectivity index (χ2n) is 3.88. The van der Waals surface area contributed by atoms with Gasteiger partial charge in [-0.1, -0.05) is 6.42 Å². The monoisotopic (exact) mass is 202 g/mol. The fourth-order valence-corrected chi connectivity index (χ4v) is 2.23. The van der Waals surface area contributed by atoms with Gasteiger partial charge in [0.25, 0.3) is 0 Å². The van der Waals surface area contributed by atoms with E-state index >= 15 is 0 Å². The normalized spacial score (nSPS) is 26.8. The lowest BCUT2D eigenvalue weighted by molar-refractivity contribution is 0.251. The summed E-state index contributed by atoms with van der Waals surface area (Å²) in [5.74, 6) is 1.26. The maximum absolute atomic E-state index is 5.96. The van der Waals surface area contributed by atoms with Gasteiger partial charge in [0.05, 0.1) is 0 Å². The van der Waals surface area contributed by atoms with Crippen LogP contribution in [0, 0.1) is 0 Å². The third-order valence-corrected chi connectivity index (χ3v) is 3.32. The van der Waals surface area contributed by atoms with Gasteiger partial charge < -0.3 is 10.6 Å². The van der Waals surface area contributed by atoms with E-state index in [0.717, 1.165) is 0 Å². The van der Waals surface area contributed by atoms with Crippen molar-refractivity contribution in [3.8, 4) is 0 Å². The van der Waals surface area contributed by atoms with Crippen LogP contribution in [0.2, 0.25) is 0 Å². The van der Waals surface area contributed by atoms with Crippen LogP contribution in [0.4, 0.5) is 0 Å². The Hall–Kier alpha value is 0.270. The predicted octanol–water partition coefficient (Wildman–Crippen LogP) is 1.55. The Kier molecular flexibility index (Phi) is 5.83. The molecule has 0 radical (unpaired) electrons. The number of nitrogens with zero attached hydrogens (tertiary/aromatic N) is 1. The summed E-state index contributed by atoms with van der Waals surface area (Å²) >= 11 is 1.94. The SMILES string of the molecule is CSCCN1CCCCC(N)CC1. The highest BCUT2D eigenvalue weighted by molar-refractivity contribution is 7.98. The summed E-state index contributed by atoms with van der Waals surface area (Å²) in [4.78, 5) is 2.56. The van der Waals surface area contributed by atoms with Crippen molar-refractivity contribution in [1.82, 2.24) is 4.90 Å². The van der Waals surface area contributed by atoms with E-state index in [0.29, 0.717) is 6.04 Å². The Labute approximate surface area is 86.2 Å². The zero-order valence-electron chi connectivity index (χ0n) is 8.67. The van der Waals surface area contributed by atoms with Gasteiger partial charge in [0, 0.05) is 18.3 Å². The summed E-state index contributed by atoms with van der Waals surface area (Å²) in [5, 5.41) is 0. The quantitative estimate of drug-likeness (QED) is 0.753. The molecule has 0 aromatic carbocycles. The minimum Gasteiger partial charge on any atom is -0.328 e. The van der Waals surface area contributed by atoms with Gasteiger partial charge in [0.2, 0.25) is 0 Å². The van der Waals surface area contributed by atoms with Gasteiger partial charge in [-0.25, -0.2) is 0 Å². The molecule has 1 heterocycles. The molecule has 3 heteroatoms. The summed E-state index contributed by atoms with van der Waals surface area (Å²) in [7, 11) is 0. The van der Waals surface area contributed by atoms with Crippen LogP contribution in [0.5, 0.6) is 0 Å². The Morgan fingerprint density at radius 1 is 1.31 bits per heavy atom. The van der Waals surface area contributed by atoms with Crippen molar-refractivity contribution in [3.05, 3.63) is 0 Å². The van der Waals surface area contributed by atoms with Crippen molar-refractivity contribution >= 4 is 11.8 Å². The molecule has 13 heavy (non-hydrogen) atoms. The molecular weight excluding hydrogens is 180 g/mol. The fraction of sp³-hybridized carbons (Fsp3) is 1.00. The molecule has 1 atom stereocenters. The van der Waals surface area contributed by atoms with Gasteiger partial charge in [0.1, 0.15) is 0 Å². The summed E-state index contributed by atoms with van der Waals surface area (Å²) in [6, 6.07) is 0.456. The largest absolute Gasteiger partial charge is 0.328 e. The molecule has 1 rings (SSSR count). The van der Waals surface area contributed by atoms with Crippen molar-refractivity contribution in [2.75, 3.05) is 31.6 Å². The van der Waals surface area contributed by atoms with E-state index in [1.54, 1.807) is 0 Å². The number of hydrogen-bond donors (Lipinski definition) is 1. The van der Waals surface area contributed by atoms with Crippen LogP contribution < -0.4 is 5.73 Å². The highest BCUT2D eigenvalue weighted by atomic mass is 32.2. The third-order valence-electron chi connectivity index (χ3n) is 2.73.